The largest absolute Gasteiger partial charge is 0.350 e. The standard InChI is InChI=1S/C11H25N3O/c1-6-14(8-7-12)9(2)10(15)13-11(3,4)5/h9H,6-8,12H2,1-5H3,(H,13,15). The minimum atomic E-state index is -0.173. The van der Waals surface area contributed by atoms with Gasteiger partial charge in [-0.05, 0) is 34.2 Å². The third kappa shape index (κ3) is 5.74. The quantitative estimate of drug-likeness (QED) is 0.705. The summed E-state index contributed by atoms with van der Waals surface area (Å²) in [6.07, 6.45) is 0. The number of amides is 1. The maximum Gasteiger partial charge on any atom is 0.237 e. The number of nitrogens with two attached hydrogens (primary N) is 1. The Morgan fingerprint density at radius 3 is 2.33 bits per heavy atom. The van der Waals surface area contributed by atoms with Crippen LogP contribution in [0.3, 0.4) is 0 Å². The van der Waals surface area contributed by atoms with Crippen LogP contribution in [0.15, 0.2) is 0 Å². The van der Waals surface area contributed by atoms with Gasteiger partial charge in [0.25, 0.3) is 0 Å². The first-order valence-electron chi connectivity index (χ1n) is 5.58. The first kappa shape index (κ1) is 14.4. The van der Waals surface area contributed by atoms with Crippen LogP contribution >= 0.6 is 0 Å². The van der Waals surface area contributed by atoms with Crippen LogP contribution in [0, 0.1) is 0 Å². The molecular formula is C11H25N3O. The van der Waals surface area contributed by atoms with Crippen LogP contribution in [-0.4, -0.2) is 42.0 Å². The lowest BCUT2D eigenvalue weighted by molar-refractivity contribution is -0.127. The van der Waals surface area contributed by atoms with Crippen LogP contribution in [0.25, 0.3) is 0 Å². The van der Waals surface area contributed by atoms with E-state index in [2.05, 4.69) is 10.2 Å². The molecule has 0 aliphatic rings. The van der Waals surface area contributed by atoms with Gasteiger partial charge >= 0.3 is 0 Å². The molecule has 0 aliphatic heterocycles. The van der Waals surface area contributed by atoms with E-state index in [0.29, 0.717) is 6.54 Å². The second kappa shape index (κ2) is 6.08. The summed E-state index contributed by atoms with van der Waals surface area (Å²) in [6.45, 7) is 12.1. The summed E-state index contributed by atoms with van der Waals surface area (Å²) in [5.41, 5.74) is 5.32. The van der Waals surface area contributed by atoms with Crippen molar-refractivity contribution in [1.29, 1.82) is 0 Å². The lowest BCUT2D eigenvalue weighted by Crippen LogP contribution is -2.51. The van der Waals surface area contributed by atoms with E-state index in [1.54, 1.807) is 0 Å². The molecule has 4 heteroatoms. The van der Waals surface area contributed by atoms with Crippen LogP contribution in [0.1, 0.15) is 34.6 Å². The predicted molar refractivity (Wildman–Crippen MR) is 63.7 cm³/mol. The number of nitrogens with zero attached hydrogens (tertiary/aromatic N) is 1. The molecule has 1 atom stereocenters. The van der Waals surface area contributed by atoms with Gasteiger partial charge in [-0.2, -0.15) is 0 Å². The topological polar surface area (TPSA) is 58.4 Å². The second-order valence-electron chi connectivity index (χ2n) is 4.83. The van der Waals surface area contributed by atoms with Crippen molar-refractivity contribution in [1.82, 2.24) is 10.2 Å². The third-order valence-corrected chi connectivity index (χ3v) is 2.25. The summed E-state index contributed by atoms with van der Waals surface area (Å²) in [6, 6.07) is -0.113. The molecule has 90 valence electrons. The SMILES string of the molecule is CCN(CCN)C(C)C(=O)NC(C)(C)C. The molecular weight excluding hydrogens is 190 g/mol. The Bertz CT molecular complexity index is 198. The van der Waals surface area contributed by atoms with Gasteiger partial charge in [-0.1, -0.05) is 6.92 Å². The second-order valence-corrected chi connectivity index (χ2v) is 4.83. The molecule has 0 radical (unpaired) electrons. The molecule has 0 rings (SSSR count). The van der Waals surface area contributed by atoms with Gasteiger partial charge in [0, 0.05) is 18.6 Å². The number of nitrogens with one attached hydrogen (secondary N) is 1. The van der Waals surface area contributed by atoms with Gasteiger partial charge in [0.2, 0.25) is 5.91 Å². The van der Waals surface area contributed by atoms with E-state index in [-0.39, 0.29) is 17.5 Å². The first-order chi connectivity index (χ1) is 6.81. The molecule has 0 spiro atoms. The molecule has 15 heavy (non-hydrogen) atoms. The Kier molecular flexibility index (Phi) is 5.83. The Hall–Kier alpha value is -0.610. The summed E-state index contributed by atoms with van der Waals surface area (Å²) in [7, 11) is 0. The minimum Gasteiger partial charge on any atom is -0.350 e. The molecule has 0 aromatic carbocycles. The Morgan fingerprint density at radius 1 is 1.47 bits per heavy atom. The molecule has 4 nitrogen and oxygen atoms in total. The van der Waals surface area contributed by atoms with E-state index in [9.17, 15) is 4.79 Å². The van der Waals surface area contributed by atoms with Gasteiger partial charge < -0.3 is 11.1 Å². The zero-order valence-electron chi connectivity index (χ0n) is 10.6. The van der Waals surface area contributed by atoms with Crippen molar-refractivity contribution < 1.29 is 4.79 Å². The number of hydrogen-bond acceptors (Lipinski definition) is 3. The van der Waals surface area contributed by atoms with Crippen molar-refractivity contribution in [2.24, 2.45) is 5.73 Å². The molecule has 0 bridgehead atoms. The molecule has 0 heterocycles. The van der Waals surface area contributed by atoms with Gasteiger partial charge in [-0.25, -0.2) is 0 Å². The van der Waals surface area contributed by atoms with Crippen molar-refractivity contribution in [3.05, 3.63) is 0 Å². The molecule has 0 saturated carbocycles. The van der Waals surface area contributed by atoms with Crippen molar-refractivity contribution >= 4 is 5.91 Å². The third-order valence-electron chi connectivity index (χ3n) is 2.25. The number of likely N-dealkylation sites (N-methyl/N-ethyl adjacent to an activating group) is 1. The number of hydrogen-bond donors (Lipinski definition) is 2. The van der Waals surface area contributed by atoms with E-state index in [1.165, 1.54) is 0 Å². The van der Waals surface area contributed by atoms with E-state index in [0.717, 1.165) is 13.1 Å². The fourth-order valence-electron chi connectivity index (χ4n) is 1.43. The van der Waals surface area contributed by atoms with Crippen molar-refractivity contribution in [2.75, 3.05) is 19.6 Å². The summed E-state index contributed by atoms with van der Waals surface area (Å²) >= 11 is 0. The first-order valence-corrected chi connectivity index (χ1v) is 5.58. The Balaban J connectivity index is 4.28. The molecule has 1 unspecified atom stereocenters. The molecule has 3 N–H and O–H groups in total. The van der Waals surface area contributed by atoms with E-state index in [1.807, 2.05) is 34.6 Å². The fraction of sp³-hybridized carbons (Fsp3) is 0.909. The monoisotopic (exact) mass is 215 g/mol. The van der Waals surface area contributed by atoms with Crippen molar-refractivity contribution in [3.8, 4) is 0 Å². The summed E-state index contributed by atoms with van der Waals surface area (Å²) < 4.78 is 0. The van der Waals surface area contributed by atoms with Crippen LogP contribution in [0.2, 0.25) is 0 Å². The van der Waals surface area contributed by atoms with Crippen LogP contribution in [0.4, 0.5) is 0 Å². The average Bonchev–Trinajstić information content (AvgIpc) is 2.10. The smallest absolute Gasteiger partial charge is 0.237 e. The van der Waals surface area contributed by atoms with E-state index in [4.69, 9.17) is 5.73 Å². The normalized spacial score (nSPS) is 14.1. The maximum atomic E-state index is 11.8. The maximum absolute atomic E-state index is 11.8. The van der Waals surface area contributed by atoms with Gasteiger partial charge in [-0.3, -0.25) is 9.69 Å². The molecule has 0 aromatic heterocycles. The number of rotatable bonds is 5. The molecule has 0 aliphatic carbocycles. The number of carbonyl (C=O) groups is 1. The Morgan fingerprint density at radius 2 is 2.00 bits per heavy atom. The van der Waals surface area contributed by atoms with Gasteiger partial charge in [0.15, 0.2) is 0 Å². The fourth-order valence-corrected chi connectivity index (χ4v) is 1.43. The highest BCUT2D eigenvalue weighted by molar-refractivity contribution is 5.81. The lowest BCUT2D eigenvalue weighted by Gasteiger charge is -2.29. The highest BCUT2D eigenvalue weighted by Crippen LogP contribution is 2.03. The minimum absolute atomic E-state index is 0.0674. The number of carbonyl (C=O) groups excluding carboxylic acids is 1. The zero-order valence-corrected chi connectivity index (χ0v) is 10.6. The predicted octanol–water partition coefficient (Wildman–Crippen LogP) is 0.570. The van der Waals surface area contributed by atoms with Gasteiger partial charge in [0.05, 0.1) is 6.04 Å². The highest BCUT2D eigenvalue weighted by atomic mass is 16.2. The summed E-state index contributed by atoms with van der Waals surface area (Å²) in [5, 5.41) is 2.97. The van der Waals surface area contributed by atoms with Crippen molar-refractivity contribution in [3.63, 3.8) is 0 Å². The average molecular weight is 215 g/mol. The summed E-state index contributed by atoms with van der Waals surface area (Å²) in [5.74, 6) is 0.0674. The molecule has 0 aromatic rings. The van der Waals surface area contributed by atoms with E-state index < -0.39 is 0 Å². The van der Waals surface area contributed by atoms with Crippen molar-refractivity contribution in [2.45, 2.75) is 46.2 Å². The molecule has 0 saturated heterocycles. The highest BCUT2D eigenvalue weighted by Gasteiger charge is 2.22. The van der Waals surface area contributed by atoms with E-state index >= 15 is 0 Å². The van der Waals surface area contributed by atoms with Crippen LogP contribution in [0.5, 0.6) is 0 Å². The van der Waals surface area contributed by atoms with Crippen LogP contribution < -0.4 is 11.1 Å². The summed E-state index contributed by atoms with van der Waals surface area (Å²) in [4.78, 5) is 13.9. The van der Waals surface area contributed by atoms with Crippen LogP contribution in [-0.2, 0) is 4.79 Å². The molecule has 1 amide bonds. The van der Waals surface area contributed by atoms with Gasteiger partial charge in [0.1, 0.15) is 0 Å². The molecule has 0 fully saturated rings. The zero-order chi connectivity index (χ0) is 12.1. The lowest BCUT2D eigenvalue weighted by atomic mass is 10.1. The Labute approximate surface area is 93.2 Å². The van der Waals surface area contributed by atoms with Gasteiger partial charge in [-0.15, -0.1) is 0 Å².